The third kappa shape index (κ3) is 3.58. The summed E-state index contributed by atoms with van der Waals surface area (Å²) < 4.78 is 0. The Labute approximate surface area is 148 Å². The van der Waals surface area contributed by atoms with Gasteiger partial charge in [0.15, 0.2) is 0 Å². The maximum atomic E-state index is 12.9. The van der Waals surface area contributed by atoms with Crippen molar-refractivity contribution in [1.29, 1.82) is 0 Å². The normalized spacial score (nSPS) is 19.9. The summed E-state index contributed by atoms with van der Waals surface area (Å²) in [6.07, 6.45) is 0.972. The van der Waals surface area contributed by atoms with Crippen LogP contribution in [0.3, 0.4) is 0 Å². The minimum atomic E-state index is -0.797. The molecule has 3 rings (SSSR count). The van der Waals surface area contributed by atoms with Gasteiger partial charge in [0, 0.05) is 19.5 Å². The number of carbonyl (C=O) groups excluding carboxylic acids is 2. The molecule has 1 saturated heterocycles. The third-order valence-corrected chi connectivity index (χ3v) is 5.10. The molecular formula is C21H24N2O2. The maximum Gasteiger partial charge on any atom is 0.245 e. The first-order chi connectivity index (χ1) is 12.0. The Morgan fingerprint density at radius 2 is 1.80 bits per heavy atom. The zero-order valence-electron chi connectivity index (χ0n) is 14.8. The Kier molecular flexibility index (Phi) is 4.88. The van der Waals surface area contributed by atoms with Gasteiger partial charge in [0.1, 0.15) is 5.54 Å². The summed E-state index contributed by atoms with van der Waals surface area (Å²) in [6, 6.07) is 17.8. The van der Waals surface area contributed by atoms with Crippen molar-refractivity contribution >= 4 is 11.8 Å². The molecule has 1 N–H and O–H groups in total. The topological polar surface area (TPSA) is 49.4 Å². The van der Waals surface area contributed by atoms with Crippen molar-refractivity contribution in [2.45, 2.75) is 45.3 Å². The smallest absolute Gasteiger partial charge is 0.245 e. The minimum absolute atomic E-state index is 0.0422. The van der Waals surface area contributed by atoms with Crippen LogP contribution in [0.2, 0.25) is 0 Å². The SMILES string of the molecule is Cc1ccccc1CN1C(=O)CC[C@@]1(C)C(=O)NCc1ccccc1. The molecule has 130 valence electrons. The lowest BCUT2D eigenvalue weighted by molar-refractivity contribution is -0.141. The predicted octanol–water partition coefficient (Wildman–Crippen LogP) is 3.19. The summed E-state index contributed by atoms with van der Waals surface area (Å²) in [5, 5.41) is 3.00. The molecule has 0 bridgehead atoms. The number of rotatable bonds is 5. The fourth-order valence-electron chi connectivity index (χ4n) is 3.32. The van der Waals surface area contributed by atoms with Crippen molar-refractivity contribution in [2.75, 3.05) is 0 Å². The lowest BCUT2D eigenvalue weighted by Gasteiger charge is -2.34. The van der Waals surface area contributed by atoms with Crippen LogP contribution in [0.25, 0.3) is 0 Å². The Hall–Kier alpha value is -2.62. The first kappa shape index (κ1) is 17.2. The van der Waals surface area contributed by atoms with Crippen LogP contribution >= 0.6 is 0 Å². The summed E-state index contributed by atoms with van der Waals surface area (Å²) in [6.45, 7) is 4.85. The molecule has 1 aliphatic rings. The highest BCUT2D eigenvalue weighted by molar-refractivity contribution is 5.94. The number of nitrogens with zero attached hydrogens (tertiary/aromatic N) is 1. The molecule has 0 radical (unpaired) electrons. The molecule has 1 heterocycles. The van der Waals surface area contributed by atoms with Crippen molar-refractivity contribution in [2.24, 2.45) is 0 Å². The third-order valence-electron chi connectivity index (χ3n) is 5.10. The molecule has 1 fully saturated rings. The van der Waals surface area contributed by atoms with E-state index in [1.54, 1.807) is 4.90 Å². The van der Waals surface area contributed by atoms with Crippen LogP contribution in [-0.2, 0) is 22.7 Å². The van der Waals surface area contributed by atoms with Gasteiger partial charge in [-0.25, -0.2) is 0 Å². The van der Waals surface area contributed by atoms with Crippen LogP contribution in [0, 0.1) is 6.92 Å². The van der Waals surface area contributed by atoms with Crippen LogP contribution in [0.5, 0.6) is 0 Å². The minimum Gasteiger partial charge on any atom is -0.350 e. The van der Waals surface area contributed by atoms with Gasteiger partial charge in [0.05, 0.1) is 0 Å². The van der Waals surface area contributed by atoms with E-state index >= 15 is 0 Å². The monoisotopic (exact) mass is 336 g/mol. The molecule has 2 aromatic carbocycles. The predicted molar refractivity (Wildman–Crippen MR) is 97.7 cm³/mol. The van der Waals surface area contributed by atoms with Crippen molar-refractivity contribution in [3.63, 3.8) is 0 Å². The summed E-state index contributed by atoms with van der Waals surface area (Å²) >= 11 is 0. The largest absolute Gasteiger partial charge is 0.350 e. The van der Waals surface area contributed by atoms with E-state index in [4.69, 9.17) is 0 Å². The second kappa shape index (κ2) is 7.09. The molecule has 0 unspecified atom stereocenters. The number of nitrogens with one attached hydrogen (secondary N) is 1. The lowest BCUT2D eigenvalue weighted by Crippen LogP contribution is -2.54. The number of hydrogen-bond acceptors (Lipinski definition) is 2. The molecule has 0 spiro atoms. The highest BCUT2D eigenvalue weighted by Crippen LogP contribution is 2.32. The van der Waals surface area contributed by atoms with E-state index in [0.717, 1.165) is 16.7 Å². The van der Waals surface area contributed by atoms with Gasteiger partial charge < -0.3 is 10.2 Å². The lowest BCUT2D eigenvalue weighted by atomic mass is 9.96. The van der Waals surface area contributed by atoms with E-state index in [1.807, 2.05) is 68.4 Å². The van der Waals surface area contributed by atoms with Gasteiger partial charge in [0.2, 0.25) is 11.8 Å². The summed E-state index contributed by atoms with van der Waals surface area (Å²) in [5.41, 5.74) is 2.47. The zero-order valence-corrected chi connectivity index (χ0v) is 14.8. The average molecular weight is 336 g/mol. The van der Waals surface area contributed by atoms with E-state index in [1.165, 1.54) is 0 Å². The fourth-order valence-corrected chi connectivity index (χ4v) is 3.32. The van der Waals surface area contributed by atoms with Crippen molar-refractivity contribution < 1.29 is 9.59 Å². The van der Waals surface area contributed by atoms with E-state index in [9.17, 15) is 9.59 Å². The van der Waals surface area contributed by atoms with E-state index in [-0.39, 0.29) is 11.8 Å². The number of likely N-dealkylation sites (tertiary alicyclic amines) is 1. The van der Waals surface area contributed by atoms with Crippen molar-refractivity contribution in [3.8, 4) is 0 Å². The molecule has 1 atom stereocenters. The Morgan fingerprint density at radius 3 is 2.52 bits per heavy atom. The number of amides is 2. The van der Waals surface area contributed by atoms with E-state index < -0.39 is 5.54 Å². The Bertz CT molecular complexity index is 772. The molecule has 2 aromatic rings. The van der Waals surface area contributed by atoms with Crippen molar-refractivity contribution in [3.05, 3.63) is 71.3 Å². The van der Waals surface area contributed by atoms with Crippen LogP contribution < -0.4 is 5.32 Å². The van der Waals surface area contributed by atoms with Gasteiger partial charge in [-0.2, -0.15) is 0 Å². The molecule has 4 nitrogen and oxygen atoms in total. The number of aryl methyl sites for hydroxylation is 1. The van der Waals surface area contributed by atoms with Gasteiger partial charge in [0.25, 0.3) is 0 Å². The first-order valence-electron chi connectivity index (χ1n) is 8.68. The molecule has 25 heavy (non-hydrogen) atoms. The van der Waals surface area contributed by atoms with Gasteiger partial charge >= 0.3 is 0 Å². The molecule has 0 aliphatic carbocycles. The summed E-state index contributed by atoms with van der Waals surface area (Å²) in [4.78, 5) is 27.0. The molecule has 0 aromatic heterocycles. The molecule has 1 aliphatic heterocycles. The number of hydrogen-bond donors (Lipinski definition) is 1. The van der Waals surface area contributed by atoms with E-state index in [0.29, 0.717) is 25.9 Å². The van der Waals surface area contributed by atoms with Gasteiger partial charge in [-0.05, 0) is 37.0 Å². The standard InChI is InChI=1S/C21H24N2O2/c1-16-8-6-7-11-18(16)15-23-19(24)12-13-21(23,2)20(25)22-14-17-9-4-3-5-10-17/h3-11H,12-15H2,1-2H3,(H,22,25)/t21-/m0/s1. The second-order valence-electron chi connectivity index (χ2n) is 6.85. The fraction of sp³-hybridized carbons (Fsp3) is 0.333. The summed E-state index contributed by atoms with van der Waals surface area (Å²) in [5.74, 6) is -0.0450. The van der Waals surface area contributed by atoms with Gasteiger partial charge in [-0.15, -0.1) is 0 Å². The summed E-state index contributed by atoms with van der Waals surface area (Å²) in [7, 11) is 0. The molecular weight excluding hydrogens is 312 g/mol. The highest BCUT2D eigenvalue weighted by Gasteiger charge is 2.47. The Morgan fingerprint density at radius 1 is 1.12 bits per heavy atom. The average Bonchev–Trinajstić information content (AvgIpc) is 2.92. The van der Waals surface area contributed by atoms with Crippen LogP contribution in [0.1, 0.15) is 36.5 Å². The van der Waals surface area contributed by atoms with Crippen LogP contribution in [0.15, 0.2) is 54.6 Å². The number of carbonyl (C=O) groups is 2. The van der Waals surface area contributed by atoms with Crippen LogP contribution in [0.4, 0.5) is 0 Å². The molecule has 2 amide bonds. The van der Waals surface area contributed by atoms with Gasteiger partial charge in [-0.1, -0.05) is 54.6 Å². The van der Waals surface area contributed by atoms with Crippen LogP contribution in [-0.4, -0.2) is 22.3 Å². The zero-order chi connectivity index (χ0) is 17.9. The molecule has 0 saturated carbocycles. The quantitative estimate of drug-likeness (QED) is 0.911. The maximum absolute atomic E-state index is 12.9. The van der Waals surface area contributed by atoms with E-state index in [2.05, 4.69) is 5.32 Å². The highest BCUT2D eigenvalue weighted by atomic mass is 16.2. The molecule has 4 heteroatoms. The second-order valence-corrected chi connectivity index (χ2v) is 6.85. The van der Waals surface area contributed by atoms with Crippen molar-refractivity contribution in [1.82, 2.24) is 10.2 Å². The Balaban J connectivity index is 1.74. The first-order valence-corrected chi connectivity index (χ1v) is 8.68. The van der Waals surface area contributed by atoms with Gasteiger partial charge in [-0.3, -0.25) is 9.59 Å². The number of benzene rings is 2.